The van der Waals surface area contributed by atoms with Gasteiger partial charge in [-0.15, -0.1) is 0 Å². The predicted molar refractivity (Wildman–Crippen MR) is 76.0 cm³/mol. The van der Waals surface area contributed by atoms with Crippen LogP contribution in [0.1, 0.15) is 34.1 Å². The minimum absolute atomic E-state index is 0.692. The maximum atomic E-state index is 12.2. The van der Waals surface area contributed by atoms with E-state index in [2.05, 4.69) is 23.5 Å². The normalized spacial score (nSPS) is 22.4. The molecule has 0 radical (unpaired) electrons. The molecular formula is C12H29N3OS. The third-order valence-corrected chi connectivity index (χ3v) is 4.45. The van der Waals surface area contributed by atoms with Crippen LogP contribution in [0.25, 0.3) is 0 Å². The third-order valence-electron chi connectivity index (χ3n) is 2.79. The summed E-state index contributed by atoms with van der Waals surface area (Å²) in [4.78, 5) is 0. The van der Waals surface area contributed by atoms with Crippen molar-refractivity contribution in [2.45, 2.75) is 34.1 Å². The van der Waals surface area contributed by atoms with Crippen LogP contribution in [0.4, 0.5) is 0 Å². The second-order valence-electron chi connectivity index (χ2n) is 4.14. The zero-order chi connectivity index (χ0) is 13.3. The van der Waals surface area contributed by atoms with E-state index in [1.54, 1.807) is 0 Å². The lowest BCUT2D eigenvalue weighted by Crippen LogP contribution is -2.40. The van der Waals surface area contributed by atoms with Gasteiger partial charge in [-0.1, -0.05) is 27.7 Å². The zero-order valence-electron chi connectivity index (χ0n) is 12.0. The number of nitrogens with one attached hydrogen (secondary N) is 1. The summed E-state index contributed by atoms with van der Waals surface area (Å²) < 4.78 is 16.3. The third kappa shape index (κ3) is 5.95. The molecule has 1 saturated heterocycles. The molecule has 4 nitrogen and oxygen atoms in total. The molecule has 0 saturated carbocycles. The Kier molecular flexibility index (Phi) is 10.0. The van der Waals surface area contributed by atoms with Crippen LogP contribution in [0, 0.1) is 5.92 Å². The Labute approximate surface area is 109 Å². The number of hydrogen-bond donors (Lipinski definition) is 1. The summed E-state index contributed by atoms with van der Waals surface area (Å²) in [5.74, 6) is 0.692. The highest BCUT2D eigenvalue weighted by molar-refractivity contribution is 7.80. The topological polar surface area (TPSA) is 35.6 Å². The Morgan fingerprint density at radius 2 is 2.12 bits per heavy atom. The number of rotatable bonds is 6. The van der Waals surface area contributed by atoms with Gasteiger partial charge in [-0.2, -0.15) is 0 Å². The van der Waals surface area contributed by atoms with Crippen molar-refractivity contribution in [3.8, 4) is 0 Å². The molecule has 1 rings (SSSR count). The van der Waals surface area contributed by atoms with Crippen LogP contribution >= 0.6 is 0 Å². The first kappa shape index (κ1) is 17.0. The van der Waals surface area contributed by atoms with Crippen molar-refractivity contribution < 1.29 is 4.21 Å². The van der Waals surface area contributed by atoms with Crippen LogP contribution in [0.2, 0.25) is 0 Å². The van der Waals surface area contributed by atoms with Crippen molar-refractivity contribution in [3.05, 3.63) is 0 Å². The van der Waals surface area contributed by atoms with Gasteiger partial charge < -0.3 is 5.32 Å². The van der Waals surface area contributed by atoms with E-state index >= 15 is 0 Å². The van der Waals surface area contributed by atoms with E-state index in [1.807, 2.05) is 25.2 Å². The number of nitrogens with zero attached hydrogens (tertiary/aromatic N) is 2. The molecule has 0 aliphatic carbocycles. The van der Waals surface area contributed by atoms with Crippen molar-refractivity contribution >= 4 is 11.2 Å². The highest BCUT2D eigenvalue weighted by Crippen LogP contribution is 2.18. The molecule has 104 valence electrons. The van der Waals surface area contributed by atoms with Crippen LogP contribution in [0.3, 0.4) is 0 Å². The number of likely N-dealkylation sites (N-methyl/N-ethyl adjacent to an activating group) is 2. The van der Waals surface area contributed by atoms with Gasteiger partial charge in [0, 0.05) is 32.7 Å². The molecular weight excluding hydrogens is 234 g/mol. The van der Waals surface area contributed by atoms with Gasteiger partial charge in [-0.25, -0.2) is 12.8 Å². The molecule has 2 unspecified atom stereocenters. The summed E-state index contributed by atoms with van der Waals surface area (Å²) in [6.45, 7) is 12.8. The monoisotopic (exact) mass is 263 g/mol. The fourth-order valence-electron chi connectivity index (χ4n) is 1.78. The molecule has 0 aromatic rings. The van der Waals surface area contributed by atoms with E-state index in [9.17, 15) is 4.21 Å². The lowest BCUT2D eigenvalue weighted by molar-refractivity contribution is 0.409. The van der Waals surface area contributed by atoms with E-state index in [0.29, 0.717) is 5.92 Å². The molecule has 2 atom stereocenters. The smallest absolute Gasteiger partial charge is 0.172 e. The second kappa shape index (κ2) is 10.00. The Morgan fingerprint density at radius 3 is 2.53 bits per heavy atom. The van der Waals surface area contributed by atoms with Gasteiger partial charge in [0.25, 0.3) is 0 Å². The minimum atomic E-state index is -0.929. The van der Waals surface area contributed by atoms with Gasteiger partial charge in [0.1, 0.15) is 0 Å². The van der Waals surface area contributed by atoms with E-state index in [4.69, 9.17) is 0 Å². The molecule has 0 spiro atoms. The van der Waals surface area contributed by atoms with Crippen molar-refractivity contribution in [2.24, 2.45) is 5.92 Å². The first-order valence-corrected chi connectivity index (χ1v) is 7.81. The summed E-state index contributed by atoms with van der Waals surface area (Å²) in [6, 6.07) is 0. The van der Waals surface area contributed by atoms with E-state index in [1.165, 1.54) is 6.42 Å². The fourth-order valence-corrected chi connectivity index (χ4v) is 3.22. The molecule has 0 aromatic carbocycles. The van der Waals surface area contributed by atoms with E-state index < -0.39 is 11.2 Å². The molecule has 0 bridgehead atoms. The molecule has 0 aromatic heterocycles. The summed E-state index contributed by atoms with van der Waals surface area (Å²) >= 11 is -0.929. The largest absolute Gasteiger partial charge is 0.318 e. The van der Waals surface area contributed by atoms with Crippen molar-refractivity contribution in [2.75, 3.05) is 39.8 Å². The maximum Gasteiger partial charge on any atom is 0.172 e. The van der Waals surface area contributed by atoms with Crippen LogP contribution in [0.5, 0.6) is 0 Å². The second-order valence-corrected chi connectivity index (χ2v) is 5.63. The highest BCUT2D eigenvalue weighted by atomic mass is 32.2. The van der Waals surface area contributed by atoms with Crippen molar-refractivity contribution in [3.63, 3.8) is 0 Å². The zero-order valence-corrected chi connectivity index (χ0v) is 12.8. The molecule has 17 heavy (non-hydrogen) atoms. The molecule has 5 heteroatoms. The molecule has 1 aliphatic rings. The summed E-state index contributed by atoms with van der Waals surface area (Å²) in [7, 11) is 1.93. The first-order chi connectivity index (χ1) is 8.19. The van der Waals surface area contributed by atoms with Gasteiger partial charge in [-0.3, -0.25) is 0 Å². The maximum absolute atomic E-state index is 12.2. The average molecular weight is 263 g/mol. The SMILES string of the molecule is CC.CCN(CCNC)S(=O)N1CCC(C)C1. The Morgan fingerprint density at radius 1 is 1.47 bits per heavy atom. The number of hydrogen-bond acceptors (Lipinski definition) is 2. The fraction of sp³-hybridized carbons (Fsp3) is 1.00. The van der Waals surface area contributed by atoms with E-state index in [0.717, 1.165) is 32.7 Å². The summed E-state index contributed by atoms with van der Waals surface area (Å²) in [5.41, 5.74) is 0. The Hall–Kier alpha value is 0.0300. The van der Waals surface area contributed by atoms with Gasteiger partial charge in [0.2, 0.25) is 0 Å². The lowest BCUT2D eigenvalue weighted by Gasteiger charge is -2.24. The van der Waals surface area contributed by atoms with Gasteiger partial charge in [0.15, 0.2) is 11.2 Å². The molecule has 1 heterocycles. The Balaban J connectivity index is 0.00000121. The quantitative estimate of drug-likeness (QED) is 0.788. The molecule has 1 fully saturated rings. The Bertz CT molecular complexity index is 214. The van der Waals surface area contributed by atoms with Crippen LogP contribution in [0.15, 0.2) is 0 Å². The standard InChI is InChI=1S/C10H23N3OS.C2H6/c1-4-12(8-6-11-3)15(14)13-7-5-10(2)9-13;1-2/h10-11H,4-9H2,1-3H3;1-2H3. The minimum Gasteiger partial charge on any atom is -0.318 e. The van der Waals surface area contributed by atoms with Crippen LogP contribution in [-0.4, -0.2) is 52.6 Å². The van der Waals surface area contributed by atoms with Crippen LogP contribution < -0.4 is 5.32 Å². The molecule has 1 N–H and O–H groups in total. The van der Waals surface area contributed by atoms with Crippen molar-refractivity contribution in [1.29, 1.82) is 0 Å². The van der Waals surface area contributed by atoms with Gasteiger partial charge in [-0.05, 0) is 19.4 Å². The average Bonchev–Trinajstić information content (AvgIpc) is 2.79. The van der Waals surface area contributed by atoms with Crippen LogP contribution in [-0.2, 0) is 11.2 Å². The molecule has 1 aliphatic heterocycles. The van der Waals surface area contributed by atoms with E-state index in [-0.39, 0.29) is 0 Å². The van der Waals surface area contributed by atoms with Gasteiger partial charge in [0.05, 0.1) is 0 Å². The van der Waals surface area contributed by atoms with Crippen molar-refractivity contribution in [1.82, 2.24) is 13.9 Å². The summed E-state index contributed by atoms with van der Waals surface area (Å²) in [6.07, 6.45) is 1.18. The first-order valence-electron chi connectivity index (χ1n) is 6.75. The predicted octanol–water partition coefficient (Wildman–Crippen LogP) is 1.47. The highest BCUT2D eigenvalue weighted by Gasteiger charge is 2.26. The van der Waals surface area contributed by atoms with Gasteiger partial charge >= 0.3 is 0 Å². The summed E-state index contributed by atoms with van der Waals surface area (Å²) in [5, 5.41) is 3.09. The molecule has 0 amide bonds. The lowest BCUT2D eigenvalue weighted by atomic mass is 10.2.